The number of amides is 1. The Morgan fingerprint density at radius 2 is 1.63 bits per heavy atom. The molecule has 278 valence electrons. The molecule has 2 aliphatic heterocycles. The predicted octanol–water partition coefficient (Wildman–Crippen LogP) is 5.65. The SMILES string of the molecule is CCCCCCC1(c2cccc(OCCCCN3CCN(C(=O)Cc4cc(OC)c(OC)c(OC)c4)CC3)c2)[NH+]([O-])C(C)c2ccccc2S1=O. The zero-order chi connectivity index (χ0) is 36.4. The van der Waals surface area contributed by atoms with Crippen LogP contribution in [0.3, 0.4) is 0 Å². The van der Waals surface area contributed by atoms with E-state index in [1.165, 1.54) is 0 Å². The molecule has 10 nitrogen and oxygen atoms in total. The van der Waals surface area contributed by atoms with E-state index in [0.717, 1.165) is 79.7 Å². The molecule has 1 fully saturated rings. The molecule has 4 unspecified atom stereocenters. The summed E-state index contributed by atoms with van der Waals surface area (Å²) in [5, 5.41) is 14.2. The monoisotopic (exact) mass is 721 g/mol. The maximum Gasteiger partial charge on any atom is 0.227 e. The van der Waals surface area contributed by atoms with Gasteiger partial charge in [0.2, 0.25) is 16.5 Å². The van der Waals surface area contributed by atoms with Crippen molar-refractivity contribution in [2.75, 3.05) is 60.7 Å². The maximum absolute atomic E-state index is 14.3. The van der Waals surface area contributed by atoms with Crippen molar-refractivity contribution in [3.05, 3.63) is 82.6 Å². The molecule has 0 aromatic heterocycles. The number of fused-ring (bicyclic) bond motifs is 1. The molecule has 1 saturated heterocycles. The third-order valence-electron chi connectivity index (χ3n) is 10.3. The molecular weight excluding hydrogens is 667 g/mol. The van der Waals surface area contributed by atoms with E-state index >= 15 is 0 Å². The second kappa shape index (κ2) is 18.2. The van der Waals surface area contributed by atoms with Crippen LogP contribution in [0.25, 0.3) is 0 Å². The Hall–Kier alpha value is -3.64. The molecule has 0 saturated carbocycles. The summed E-state index contributed by atoms with van der Waals surface area (Å²) in [6.45, 7) is 8.65. The Morgan fingerprint density at radius 1 is 0.902 bits per heavy atom. The summed E-state index contributed by atoms with van der Waals surface area (Å²) in [5.74, 6) is 2.38. The summed E-state index contributed by atoms with van der Waals surface area (Å²) in [6, 6.07) is 18.8. The van der Waals surface area contributed by atoms with Gasteiger partial charge in [0.05, 0.1) is 39.3 Å². The lowest BCUT2D eigenvalue weighted by molar-refractivity contribution is -0.926. The number of piperazine rings is 1. The summed E-state index contributed by atoms with van der Waals surface area (Å²) < 4.78 is 36.9. The van der Waals surface area contributed by atoms with Crippen LogP contribution < -0.4 is 24.0 Å². The standard InChI is InChI=1S/C40H55N3O7S/c1-6-7-8-11-19-40(43(45)30(2)34-17-9-10-18-37(34)51(40)46)32-15-14-16-33(29-32)50-25-13-12-20-41-21-23-42(24-22-41)38(44)28-31-26-35(47-3)39(49-5)36(27-31)48-4/h9-10,14-18,26-27,29-30,43H,6-8,11-13,19-25,28H2,1-5H3. The number of benzene rings is 3. The first kappa shape index (κ1) is 38.6. The van der Waals surface area contributed by atoms with E-state index in [1.807, 2.05) is 72.5 Å². The molecule has 2 heterocycles. The Balaban J connectivity index is 1.12. The molecule has 0 bridgehead atoms. The lowest BCUT2D eigenvalue weighted by Crippen LogP contribution is -3.16. The molecule has 0 radical (unpaired) electrons. The molecule has 3 aromatic carbocycles. The minimum absolute atomic E-state index is 0.0381. The predicted molar refractivity (Wildman–Crippen MR) is 200 cm³/mol. The van der Waals surface area contributed by atoms with Gasteiger partial charge in [-0.05, 0) is 68.6 Å². The van der Waals surface area contributed by atoms with Gasteiger partial charge in [-0.15, -0.1) is 0 Å². The van der Waals surface area contributed by atoms with Crippen molar-refractivity contribution < 1.29 is 33.0 Å². The van der Waals surface area contributed by atoms with E-state index < -0.39 is 15.7 Å². The van der Waals surface area contributed by atoms with E-state index in [9.17, 15) is 14.2 Å². The number of nitrogens with zero attached hydrogens (tertiary/aromatic N) is 2. The number of rotatable bonds is 17. The van der Waals surface area contributed by atoms with E-state index in [4.69, 9.17) is 18.9 Å². The highest BCUT2D eigenvalue weighted by Gasteiger charge is 2.52. The largest absolute Gasteiger partial charge is 0.633 e. The third-order valence-corrected chi connectivity index (χ3v) is 12.4. The van der Waals surface area contributed by atoms with Crippen LogP contribution in [-0.2, 0) is 26.9 Å². The van der Waals surface area contributed by atoms with Crippen molar-refractivity contribution >= 4 is 16.7 Å². The number of unbranched alkanes of at least 4 members (excludes halogenated alkanes) is 4. The first-order valence-corrected chi connectivity index (χ1v) is 19.5. The fourth-order valence-corrected chi connectivity index (χ4v) is 9.46. The average Bonchev–Trinajstić information content (AvgIpc) is 3.16. The normalized spacial score (nSPS) is 21.9. The number of nitrogens with one attached hydrogen (secondary N) is 1. The molecule has 3 aromatic rings. The van der Waals surface area contributed by atoms with Crippen molar-refractivity contribution in [3.63, 3.8) is 0 Å². The number of hydrogen-bond donors (Lipinski definition) is 1. The zero-order valence-electron chi connectivity index (χ0n) is 30.9. The average molecular weight is 722 g/mol. The van der Waals surface area contributed by atoms with Crippen LogP contribution in [0.2, 0.25) is 0 Å². The van der Waals surface area contributed by atoms with E-state index in [2.05, 4.69) is 11.8 Å². The molecular formula is C40H55N3O7S. The van der Waals surface area contributed by atoms with Gasteiger partial charge in [-0.1, -0.05) is 56.5 Å². The van der Waals surface area contributed by atoms with Crippen LogP contribution in [0.15, 0.2) is 65.6 Å². The van der Waals surface area contributed by atoms with E-state index in [0.29, 0.717) is 49.1 Å². The second-order valence-corrected chi connectivity index (χ2v) is 15.2. The van der Waals surface area contributed by atoms with Crippen LogP contribution in [0.1, 0.15) is 81.5 Å². The van der Waals surface area contributed by atoms with Gasteiger partial charge in [-0.25, -0.2) is 4.21 Å². The van der Waals surface area contributed by atoms with Gasteiger partial charge < -0.3 is 34.1 Å². The molecule has 0 spiro atoms. The highest BCUT2D eigenvalue weighted by atomic mass is 32.2. The minimum Gasteiger partial charge on any atom is -0.633 e. The third kappa shape index (κ3) is 8.71. The Morgan fingerprint density at radius 3 is 2.31 bits per heavy atom. The molecule has 4 atom stereocenters. The van der Waals surface area contributed by atoms with Gasteiger partial charge in [-0.2, -0.15) is 0 Å². The zero-order valence-corrected chi connectivity index (χ0v) is 31.7. The van der Waals surface area contributed by atoms with Gasteiger partial charge in [0.25, 0.3) is 0 Å². The van der Waals surface area contributed by atoms with Crippen molar-refractivity contribution in [1.29, 1.82) is 0 Å². The highest BCUT2D eigenvalue weighted by Crippen LogP contribution is 2.41. The van der Waals surface area contributed by atoms with Crippen molar-refractivity contribution in [3.8, 4) is 23.0 Å². The summed E-state index contributed by atoms with van der Waals surface area (Å²) in [6.07, 6.45) is 6.72. The number of carbonyl (C=O) groups excluding carboxylic acids is 1. The topological polar surface area (TPSA) is 105 Å². The van der Waals surface area contributed by atoms with Crippen molar-refractivity contribution in [1.82, 2.24) is 9.80 Å². The van der Waals surface area contributed by atoms with Gasteiger partial charge in [0, 0.05) is 43.7 Å². The lowest BCUT2D eigenvalue weighted by atomic mass is 9.95. The number of hydrogen-bond acceptors (Lipinski definition) is 8. The Labute approximate surface area is 306 Å². The molecule has 5 rings (SSSR count). The Kier molecular flexibility index (Phi) is 13.8. The van der Waals surface area contributed by atoms with Crippen LogP contribution in [0.4, 0.5) is 0 Å². The second-order valence-electron chi connectivity index (χ2n) is 13.5. The van der Waals surface area contributed by atoms with Crippen LogP contribution in [-0.4, -0.2) is 80.6 Å². The molecule has 2 aliphatic rings. The summed E-state index contributed by atoms with van der Waals surface area (Å²) in [5.41, 5.74) is 2.49. The van der Waals surface area contributed by atoms with Crippen molar-refractivity contribution in [2.45, 2.75) is 81.0 Å². The number of hydroxylamine groups is 2. The first-order valence-electron chi connectivity index (χ1n) is 18.3. The Bertz CT molecular complexity index is 1600. The molecule has 1 amide bonds. The lowest BCUT2D eigenvalue weighted by Gasteiger charge is -2.49. The van der Waals surface area contributed by atoms with Gasteiger partial charge in [-0.3, -0.25) is 9.69 Å². The van der Waals surface area contributed by atoms with Crippen molar-refractivity contribution in [2.24, 2.45) is 0 Å². The molecule has 0 aliphatic carbocycles. The van der Waals surface area contributed by atoms with Gasteiger partial charge in [0.1, 0.15) is 22.6 Å². The van der Waals surface area contributed by atoms with Crippen LogP contribution in [0, 0.1) is 5.21 Å². The molecule has 51 heavy (non-hydrogen) atoms. The first-order chi connectivity index (χ1) is 24.8. The van der Waals surface area contributed by atoms with Crippen LogP contribution >= 0.6 is 0 Å². The highest BCUT2D eigenvalue weighted by molar-refractivity contribution is 7.86. The molecule has 11 heteroatoms. The summed E-state index contributed by atoms with van der Waals surface area (Å²) in [7, 11) is 3.20. The van der Waals surface area contributed by atoms with E-state index in [-0.39, 0.29) is 23.4 Å². The quantitative estimate of drug-likeness (QED) is 0.141. The minimum atomic E-state index is -1.51. The number of ether oxygens (including phenoxy) is 4. The smallest absolute Gasteiger partial charge is 0.227 e. The number of methoxy groups -OCH3 is 3. The molecule has 1 N–H and O–H groups in total. The fourth-order valence-electron chi connectivity index (χ4n) is 7.40. The fraction of sp³-hybridized carbons (Fsp3) is 0.525. The van der Waals surface area contributed by atoms with Gasteiger partial charge in [0.15, 0.2) is 11.5 Å². The van der Waals surface area contributed by atoms with Crippen LogP contribution in [0.5, 0.6) is 23.0 Å². The summed E-state index contributed by atoms with van der Waals surface area (Å²) in [4.78, 5) is 17.1. The summed E-state index contributed by atoms with van der Waals surface area (Å²) >= 11 is 0. The van der Waals surface area contributed by atoms with E-state index in [1.54, 1.807) is 21.3 Å². The number of carbonyl (C=O) groups is 1. The van der Waals surface area contributed by atoms with Gasteiger partial charge >= 0.3 is 0 Å². The maximum atomic E-state index is 14.3. The number of quaternary nitrogens is 1.